The van der Waals surface area contributed by atoms with Crippen LogP contribution in [-0.4, -0.2) is 40.7 Å². The van der Waals surface area contributed by atoms with Gasteiger partial charge in [-0.2, -0.15) is 0 Å². The van der Waals surface area contributed by atoms with Crippen molar-refractivity contribution in [3.63, 3.8) is 0 Å². The van der Waals surface area contributed by atoms with Gasteiger partial charge in [0.1, 0.15) is 10.8 Å². The zero-order valence-electron chi connectivity index (χ0n) is 9.13. The number of carbonyl (C=O) groups excluding carboxylic acids is 1. The van der Waals surface area contributed by atoms with E-state index in [0.717, 1.165) is 0 Å². The summed E-state index contributed by atoms with van der Waals surface area (Å²) in [7, 11) is 0. The third-order valence-electron chi connectivity index (χ3n) is 2.75. The molecule has 1 aliphatic rings. The van der Waals surface area contributed by atoms with Crippen LogP contribution < -0.4 is 5.32 Å². The molecule has 6 nitrogen and oxygen atoms in total. The maximum Gasteiger partial charge on any atom is 0.331 e. The highest BCUT2D eigenvalue weighted by Crippen LogP contribution is 2.23. The van der Waals surface area contributed by atoms with Crippen molar-refractivity contribution in [2.75, 3.05) is 13.2 Å². The predicted molar refractivity (Wildman–Crippen MR) is 64.1 cm³/mol. The lowest BCUT2D eigenvalue weighted by Gasteiger charge is -2.23. The SMILES string of the molecule is O=C(NC1(C(=O)O)CCOC1)c1cc(Cl)c(Cl)[nH]1. The Hall–Kier alpha value is -1.24. The van der Waals surface area contributed by atoms with Crippen molar-refractivity contribution in [2.24, 2.45) is 0 Å². The Morgan fingerprint density at radius 1 is 1.50 bits per heavy atom. The first-order chi connectivity index (χ1) is 8.44. The highest BCUT2D eigenvalue weighted by atomic mass is 35.5. The molecule has 1 aromatic rings. The van der Waals surface area contributed by atoms with Crippen LogP contribution in [0.3, 0.4) is 0 Å². The van der Waals surface area contributed by atoms with Crippen LogP contribution in [0.1, 0.15) is 16.9 Å². The molecule has 0 saturated carbocycles. The molecule has 3 N–H and O–H groups in total. The van der Waals surface area contributed by atoms with Gasteiger partial charge in [0.2, 0.25) is 0 Å². The maximum atomic E-state index is 11.9. The molecule has 1 unspecified atom stereocenters. The van der Waals surface area contributed by atoms with Gasteiger partial charge >= 0.3 is 5.97 Å². The number of hydrogen-bond donors (Lipinski definition) is 3. The maximum absolute atomic E-state index is 11.9. The van der Waals surface area contributed by atoms with E-state index in [2.05, 4.69) is 10.3 Å². The fraction of sp³-hybridized carbons (Fsp3) is 0.400. The summed E-state index contributed by atoms with van der Waals surface area (Å²) in [5, 5.41) is 11.9. The van der Waals surface area contributed by atoms with Crippen LogP contribution in [0.5, 0.6) is 0 Å². The molecule has 0 bridgehead atoms. The number of halogens is 2. The minimum absolute atomic E-state index is 0.0593. The Morgan fingerprint density at radius 3 is 2.67 bits per heavy atom. The Balaban J connectivity index is 2.17. The fourth-order valence-corrected chi connectivity index (χ4v) is 2.01. The highest BCUT2D eigenvalue weighted by molar-refractivity contribution is 6.41. The summed E-state index contributed by atoms with van der Waals surface area (Å²) in [6, 6.07) is 1.34. The van der Waals surface area contributed by atoms with Crippen molar-refractivity contribution >= 4 is 35.1 Å². The average Bonchev–Trinajstić information content (AvgIpc) is 2.88. The standard InChI is InChI=1S/C10H10Cl2N2O4/c11-5-3-6(13-7(5)12)8(15)14-10(9(16)17)1-2-18-4-10/h3,13H,1-2,4H2,(H,14,15)(H,16,17). The second kappa shape index (κ2) is 4.79. The van der Waals surface area contributed by atoms with Gasteiger partial charge in [-0.1, -0.05) is 23.2 Å². The van der Waals surface area contributed by atoms with E-state index in [0.29, 0.717) is 6.61 Å². The van der Waals surface area contributed by atoms with E-state index < -0.39 is 17.4 Å². The first kappa shape index (κ1) is 13.2. The van der Waals surface area contributed by atoms with E-state index >= 15 is 0 Å². The number of carboxylic acid groups (broad SMARTS) is 1. The number of hydrogen-bond acceptors (Lipinski definition) is 3. The molecule has 8 heteroatoms. The lowest BCUT2D eigenvalue weighted by molar-refractivity contribution is -0.144. The molecule has 2 heterocycles. The molecular weight excluding hydrogens is 283 g/mol. The third-order valence-corrected chi connectivity index (χ3v) is 3.45. The first-order valence-corrected chi connectivity index (χ1v) is 5.88. The minimum atomic E-state index is -1.39. The quantitative estimate of drug-likeness (QED) is 0.783. The third kappa shape index (κ3) is 2.31. The van der Waals surface area contributed by atoms with Gasteiger partial charge in [-0.05, 0) is 6.07 Å². The number of carbonyl (C=O) groups is 2. The van der Waals surface area contributed by atoms with Gasteiger partial charge in [0.05, 0.1) is 11.6 Å². The van der Waals surface area contributed by atoms with E-state index in [-0.39, 0.29) is 28.9 Å². The fourth-order valence-electron chi connectivity index (χ4n) is 1.70. The molecule has 0 aromatic carbocycles. The summed E-state index contributed by atoms with van der Waals surface area (Å²) >= 11 is 11.4. The molecule has 1 atom stereocenters. The summed E-state index contributed by atoms with van der Waals surface area (Å²) in [5.74, 6) is -1.71. The smallest absolute Gasteiger partial charge is 0.331 e. The van der Waals surface area contributed by atoms with Crippen molar-refractivity contribution in [3.05, 3.63) is 21.9 Å². The molecule has 2 rings (SSSR count). The van der Waals surface area contributed by atoms with Crippen LogP contribution in [-0.2, 0) is 9.53 Å². The molecule has 1 aromatic heterocycles. The van der Waals surface area contributed by atoms with Gasteiger partial charge in [0.25, 0.3) is 5.91 Å². The first-order valence-electron chi connectivity index (χ1n) is 5.12. The lowest BCUT2D eigenvalue weighted by Crippen LogP contribution is -2.55. The summed E-state index contributed by atoms with van der Waals surface area (Å²) in [5.41, 5.74) is -1.28. The van der Waals surface area contributed by atoms with Crippen molar-refractivity contribution in [3.8, 4) is 0 Å². The Morgan fingerprint density at radius 2 is 2.22 bits per heavy atom. The molecular formula is C10H10Cl2N2O4. The second-order valence-electron chi connectivity index (χ2n) is 3.99. The lowest BCUT2D eigenvalue weighted by atomic mass is 9.99. The van der Waals surface area contributed by atoms with Gasteiger partial charge in [-0.15, -0.1) is 0 Å². The van der Waals surface area contributed by atoms with Crippen LogP contribution in [0.15, 0.2) is 6.07 Å². The molecule has 1 saturated heterocycles. The Bertz CT molecular complexity index is 475. The number of aliphatic carboxylic acids is 1. The topological polar surface area (TPSA) is 91.4 Å². The van der Waals surface area contributed by atoms with Gasteiger partial charge < -0.3 is 20.1 Å². The van der Waals surface area contributed by atoms with Gasteiger partial charge in [-0.25, -0.2) is 4.79 Å². The van der Waals surface area contributed by atoms with Crippen molar-refractivity contribution in [1.29, 1.82) is 0 Å². The van der Waals surface area contributed by atoms with Gasteiger partial charge in [-0.3, -0.25) is 4.79 Å². The van der Waals surface area contributed by atoms with Crippen LogP contribution in [0, 0.1) is 0 Å². The highest BCUT2D eigenvalue weighted by Gasteiger charge is 2.44. The Labute approximate surface area is 112 Å². The largest absolute Gasteiger partial charge is 0.479 e. The predicted octanol–water partition coefficient (Wildman–Crippen LogP) is 1.29. The number of amides is 1. The zero-order valence-corrected chi connectivity index (χ0v) is 10.6. The van der Waals surface area contributed by atoms with Crippen LogP contribution in [0.25, 0.3) is 0 Å². The number of aromatic nitrogens is 1. The van der Waals surface area contributed by atoms with Crippen molar-refractivity contribution < 1.29 is 19.4 Å². The molecule has 98 valence electrons. The summed E-state index contributed by atoms with van der Waals surface area (Å²) in [6.07, 6.45) is 0.218. The molecule has 0 radical (unpaired) electrons. The number of carboxylic acids is 1. The van der Waals surface area contributed by atoms with Crippen LogP contribution in [0.4, 0.5) is 0 Å². The zero-order chi connectivity index (χ0) is 13.3. The molecule has 1 aliphatic heterocycles. The van der Waals surface area contributed by atoms with Crippen LogP contribution in [0.2, 0.25) is 10.2 Å². The number of rotatable bonds is 3. The van der Waals surface area contributed by atoms with Gasteiger partial charge in [0.15, 0.2) is 5.54 Å². The molecule has 18 heavy (non-hydrogen) atoms. The second-order valence-corrected chi connectivity index (χ2v) is 4.77. The Kier molecular flexibility index (Phi) is 3.52. The normalized spacial score (nSPS) is 23.0. The number of ether oxygens (including phenoxy) is 1. The van der Waals surface area contributed by atoms with E-state index in [4.69, 9.17) is 33.0 Å². The van der Waals surface area contributed by atoms with Crippen molar-refractivity contribution in [2.45, 2.75) is 12.0 Å². The average molecular weight is 293 g/mol. The monoisotopic (exact) mass is 292 g/mol. The number of aromatic amines is 1. The number of nitrogens with one attached hydrogen (secondary N) is 2. The van der Waals surface area contributed by atoms with Crippen molar-refractivity contribution in [1.82, 2.24) is 10.3 Å². The number of H-pyrrole nitrogens is 1. The van der Waals surface area contributed by atoms with Gasteiger partial charge in [0, 0.05) is 13.0 Å². The van der Waals surface area contributed by atoms with E-state index in [9.17, 15) is 9.59 Å². The summed E-state index contributed by atoms with van der Waals surface area (Å²) in [4.78, 5) is 25.7. The van der Waals surface area contributed by atoms with E-state index in [1.807, 2.05) is 0 Å². The molecule has 1 amide bonds. The van der Waals surface area contributed by atoms with Crippen LogP contribution >= 0.6 is 23.2 Å². The van der Waals surface area contributed by atoms with E-state index in [1.54, 1.807) is 0 Å². The van der Waals surface area contributed by atoms with E-state index in [1.165, 1.54) is 6.07 Å². The molecule has 0 aliphatic carbocycles. The minimum Gasteiger partial charge on any atom is -0.479 e. The summed E-state index contributed by atoms with van der Waals surface area (Å²) in [6.45, 7) is 0.231. The molecule has 0 spiro atoms. The summed E-state index contributed by atoms with van der Waals surface area (Å²) < 4.78 is 5.03. The molecule has 1 fully saturated rings.